The topological polar surface area (TPSA) is 75.9 Å². The number of rotatable bonds is 5. The zero-order valence-electron chi connectivity index (χ0n) is 12.3. The first-order chi connectivity index (χ1) is 9.45. The number of aromatic nitrogens is 4. The van der Waals surface area contributed by atoms with Gasteiger partial charge in [-0.25, -0.2) is 9.97 Å². The maximum Gasteiger partial charge on any atom is 0.133 e. The number of aliphatic hydroxyl groups excluding tert-OH is 1. The third-order valence-electron chi connectivity index (χ3n) is 2.97. The molecule has 2 rings (SSSR count). The van der Waals surface area contributed by atoms with Gasteiger partial charge < -0.3 is 10.4 Å². The Balaban J connectivity index is 2.03. The van der Waals surface area contributed by atoms with Crippen LogP contribution in [-0.2, 0) is 7.05 Å². The minimum Gasteiger partial charge on any atom is -0.386 e. The van der Waals surface area contributed by atoms with Gasteiger partial charge >= 0.3 is 0 Å². The molecule has 108 valence electrons. The summed E-state index contributed by atoms with van der Waals surface area (Å²) in [7, 11) is 1.83. The molecule has 0 aromatic carbocycles. The quantitative estimate of drug-likeness (QED) is 0.870. The third-order valence-corrected chi connectivity index (χ3v) is 2.97. The van der Waals surface area contributed by atoms with Gasteiger partial charge in [-0.2, -0.15) is 5.10 Å². The smallest absolute Gasteiger partial charge is 0.133 e. The van der Waals surface area contributed by atoms with Crippen LogP contribution in [0.25, 0.3) is 0 Å². The lowest BCUT2D eigenvalue weighted by molar-refractivity contribution is 0.191. The first-order valence-electron chi connectivity index (χ1n) is 6.71. The number of hydrogen-bond donors (Lipinski definition) is 2. The van der Waals surface area contributed by atoms with Crippen molar-refractivity contribution in [2.24, 2.45) is 7.05 Å². The standard InChI is InChI=1S/C14H21N5O/c1-9(2)14-17-10(3)5-13(18-14)15-7-12(20)11-6-16-19(4)8-11/h5-6,8-9,12,20H,7H2,1-4H3,(H,15,17,18). The van der Waals surface area contributed by atoms with Crippen LogP contribution in [0, 0.1) is 6.92 Å². The summed E-state index contributed by atoms with van der Waals surface area (Å²) in [4.78, 5) is 8.84. The number of hydrogen-bond acceptors (Lipinski definition) is 5. The van der Waals surface area contributed by atoms with E-state index in [2.05, 4.69) is 34.2 Å². The first kappa shape index (κ1) is 14.5. The van der Waals surface area contributed by atoms with Gasteiger partial charge in [-0.1, -0.05) is 13.8 Å². The first-order valence-corrected chi connectivity index (χ1v) is 6.71. The molecule has 2 N–H and O–H groups in total. The molecule has 0 amide bonds. The van der Waals surface area contributed by atoms with Crippen molar-refractivity contribution in [2.45, 2.75) is 32.8 Å². The van der Waals surface area contributed by atoms with Crippen LogP contribution in [0.4, 0.5) is 5.82 Å². The molecule has 1 unspecified atom stereocenters. The molecule has 0 radical (unpaired) electrons. The van der Waals surface area contributed by atoms with Crippen LogP contribution in [-0.4, -0.2) is 31.4 Å². The van der Waals surface area contributed by atoms with Gasteiger partial charge in [0.1, 0.15) is 11.6 Å². The summed E-state index contributed by atoms with van der Waals surface area (Å²) in [5.41, 5.74) is 1.71. The van der Waals surface area contributed by atoms with Crippen molar-refractivity contribution in [3.63, 3.8) is 0 Å². The van der Waals surface area contributed by atoms with Gasteiger partial charge in [0, 0.05) is 43.0 Å². The van der Waals surface area contributed by atoms with E-state index in [1.54, 1.807) is 17.1 Å². The van der Waals surface area contributed by atoms with E-state index in [4.69, 9.17) is 0 Å². The van der Waals surface area contributed by atoms with E-state index in [0.29, 0.717) is 6.54 Å². The molecule has 2 aromatic heterocycles. The van der Waals surface area contributed by atoms with Crippen molar-refractivity contribution in [1.29, 1.82) is 0 Å². The normalized spacial score (nSPS) is 12.7. The van der Waals surface area contributed by atoms with Crippen LogP contribution in [0.1, 0.15) is 43.0 Å². The van der Waals surface area contributed by atoms with Crippen LogP contribution < -0.4 is 5.32 Å². The molecule has 0 aliphatic rings. The van der Waals surface area contributed by atoms with Crippen molar-refractivity contribution in [2.75, 3.05) is 11.9 Å². The van der Waals surface area contributed by atoms with Gasteiger partial charge in [-0.3, -0.25) is 4.68 Å². The number of nitrogens with one attached hydrogen (secondary N) is 1. The summed E-state index contributed by atoms with van der Waals surface area (Å²) in [5, 5.41) is 17.3. The minimum atomic E-state index is -0.610. The number of anilines is 1. The molecule has 0 spiro atoms. The zero-order chi connectivity index (χ0) is 14.7. The fourth-order valence-electron chi connectivity index (χ4n) is 1.87. The Bertz CT molecular complexity index is 579. The molecule has 2 heterocycles. The third kappa shape index (κ3) is 3.54. The molecule has 20 heavy (non-hydrogen) atoms. The Labute approximate surface area is 118 Å². The van der Waals surface area contributed by atoms with Gasteiger partial charge in [0.2, 0.25) is 0 Å². The van der Waals surface area contributed by atoms with Gasteiger partial charge in [0.25, 0.3) is 0 Å². The Morgan fingerprint density at radius 1 is 1.35 bits per heavy atom. The fourth-order valence-corrected chi connectivity index (χ4v) is 1.87. The van der Waals surface area contributed by atoms with E-state index in [1.807, 2.05) is 20.0 Å². The number of aryl methyl sites for hydroxylation is 2. The number of nitrogens with zero attached hydrogens (tertiary/aromatic N) is 4. The fraction of sp³-hybridized carbons (Fsp3) is 0.500. The van der Waals surface area contributed by atoms with Gasteiger partial charge in [-0.15, -0.1) is 0 Å². The van der Waals surface area contributed by atoms with Crippen molar-refractivity contribution >= 4 is 5.82 Å². The molecule has 0 saturated heterocycles. The number of aliphatic hydroxyl groups is 1. The molecule has 6 heteroatoms. The largest absolute Gasteiger partial charge is 0.386 e. The van der Waals surface area contributed by atoms with Gasteiger partial charge in [0.15, 0.2) is 0 Å². The van der Waals surface area contributed by atoms with Crippen LogP contribution in [0.3, 0.4) is 0 Å². The summed E-state index contributed by atoms with van der Waals surface area (Å²) < 4.78 is 1.67. The average Bonchev–Trinajstić information content (AvgIpc) is 2.82. The second-order valence-corrected chi connectivity index (χ2v) is 5.25. The molecule has 0 fully saturated rings. The van der Waals surface area contributed by atoms with E-state index in [1.165, 1.54) is 0 Å². The van der Waals surface area contributed by atoms with Crippen LogP contribution in [0.5, 0.6) is 0 Å². The highest BCUT2D eigenvalue weighted by Crippen LogP contribution is 2.16. The monoisotopic (exact) mass is 275 g/mol. The van der Waals surface area contributed by atoms with E-state index >= 15 is 0 Å². The van der Waals surface area contributed by atoms with E-state index in [-0.39, 0.29) is 5.92 Å². The molecular weight excluding hydrogens is 254 g/mol. The van der Waals surface area contributed by atoms with Gasteiger partial charge in [0.05, 0.1) is 12.3 Å². The van der Waals surface area contributed by atoms with E-state index in [0.717, 1.165) is 22.9 Å². The highest BCUT2D eigenvalue weighted by atomic mass is 16.3. The summed E-state index contributed by atoms with van der Waals surface area (Å²) >= 11 is 0. The zero-order valence-corrected chi connectivity index (χ0v) is 12.3. The SMILES string of the molecule is Cc1cc(NCC(O)c2cnn(C)c2)nc(C(C)C)n1. The molecule has 0 saturated carbocycles. The van der Waals surface area contributed by atoms with E-state index < -0.39 is 6.10 Å². The molecule has 0 aliphatic heterocycles. The molecule has 2 aromatic rings. The molecule has 6 nitrogen and oxygen atoms in total. The highest BCUT2D eigenvalue weighted by Gasteiger charge is 2.11. The maximum atomic E-state index is 10.1. The van der Waals surface area contributed by atoms with Gasteiger partial charge in [-0.05, 0) is 6.92 Å². The van der Waals surface area contributed by atoms with Crippen LogP contribution >= 0.6 is 0 Å². The summed E-state index contributed by atoms with van der Waals surface area (Å²) in [5.74, 6) is 1.83. The molecular formula is C14H21N5O. The Hall–Kier alpha value is -1.95. The van der Waals surface area contributed by atoms with Crippen LogP contribution in [0.2, 0.25) is 0 Å². The lowest BCUT2D eigenvalue weighted by Gasteiger charge is -2.13. The van der Waals surface area contributed by atoms with Crippen LogP contribution in [0.15, 0.2) is 18.5 Å². The molecule has 1 atom stereocenters. The highest BCUT2D eigenvalue weighted by molar-refractivity contribution is 5.36. The minimum absolute atomic E-state index is 0.277. The van der Waals surface area contributed by atoms with E-state index in [9.17, 15) is 5.11 Å². The Morgan fingerprint density at radius 2 is 2.10 bits per heavy atom. The Morgan fingerprint density at radius 3 is 2.70 bits per heavy atom. The summed E-state index contributed by atoms with van der Waals surface area (Å²) in [6.07, 6.45) is 2.86. The van der Waals surface area contributed by atoms with Crippen molar-refractivity contribution in [1.82, 2.24) is 19.7 Å². The van der Waals surface area contributed by atoms with Crippen molar-refractivity contribution in [3.8, 4) is 0 Å². The predicted octanol–water partition coefficient (Wildman–Crippen LogP) is 1.79. The second-order valence-electron chi connectivity index (χ2n) is 5.25. The summed E-state index contributed by atoms with van der Waals surface area (Å²) in [6, 6.07) is 1.88. The molecule has 0 bridgehead atoms. The lowest BCUT2D eigenvalue weighted by Crippen LogP contribution is -2.14. The summed E-state index contributed by atoms with van der Waals surface area (Å²) in [6.45, 7) is 6.45. The Kier molecular flexibility index (Phi) is 4.34. The average molecular weight is 275 g/mol. The van der Waals surface area contributed by atoms with Crippen molar-refractivity contribution in [3.05, 3.63) is 35.5 Å². The maximum absolute atomic E-state index is 10.1. The lowest BCUT2D eigenvalue weighted by atomic mass is 10.2. The van der Waals surface area contributed by atoms with Crippen molar-refractivity contribution < 1.29 is 5.11 Å². The predicted molar refractivity (Wildman–Crippen MR) is 77.5 cm³/mol. The second kappa shape index (κ2) is 6.00. The molecule has 0 aliphatic carbocycles.